The zero-order valence-electron chi connectivity index (χ0n) is 9.56. The van der Waals surface area contributed by atoms with Crippen molar-refractivity contribution in [1.29, 1.82) is 0 Å². The van der Waals surface area contributed by atoms with Crippen molar-refractivity contribution in [2.45, 2.75) is 25.4 Å². The molecule has 0 saturated heterocycles. The fraction of sp³-hybridized carbons (Fsp3) is 0.583. The largest absolute Gasteiger partial charge is 0.481 e. The molecule has 1 aliphatic rings. The molecule has 0 radical (unpaired) electrons. The van der Waals surface area contributed by atoms with Gasteiger partial charge in [-0.05, 0) is 25.8 Å². The lowest BCUT2D eigenvalue weighted by molar-refractivity contribution is 0.154. The molecule has 1 fully saturated rings. The summed E-state index contributed by atoms with van der Waals surface area (Å²) in [5.41, 5.74) is 5.71. The van der Waals surface area contributed by atoms with E-state index in [2.05, 4.69) is 4.98 Å². The van der Waals surface area contributed by atoms with Crippen molar-refractivity contribution < 1.29 is 9.47 Å². The second-order valence-electron chi connectivity index (χ2n) is 4.10. The molecule has 4 nitrogen and oxygen atoms in total. The van der Waals surface area contributed by atoms with Crippen LogP contribution in [0.3, 0.4) is 0 Å². The third-order valence-electron chi connectivity index (χ3n) is 3.07. The summed E-state index contributed by atoms with van der Waals surface area (Å²) in [7, 11) is 1.60. The van der Waals surface area contributed by atoms with Gasteiger partial charge in [0.1, 0.15) is 6.10 Å². The van der Waals surface area contributed by atoms with Gasteiger partial charge in [0.05, 0.1) is 7.11 Å². The average molecular weight is 222 g/mol. The van der Waals surface area contributed by atoms with Gasteiger partial charge >= 0.3 is 0 Å². The Morgan fingerprint density at radius 1 is 1.38 bits per heavy atom. The normalized spacial score (nSPS) is 24.4. The van der Waals surface area contributed by atoms with Crippen LogP contribution in [0.25, 0.3) is 0 Å². The Hall–Kier alpha value is -1.29. The Morgan fingerprint density at radius 3 is 2.94 bits per heavy atom. The third kappa shape index (κ3) is 2.44. The lowest BCUT2D eigenvalue weighted by Gasteiger charge is -2.19. The number of nitrogens with two attached hydrogens (primary N) is 1. The summed E-state index contributed by atoms with van der Waals surface area (Å²) < 4.78 is 10.9. The SMILES string of the molecule is COc1cccc(OC2CCCC2CN)n1. The first-order chi connectivity index (χ1) is 7.83. The van der Waals surface area contributed by atoms with Gasteiger partial charge < -0.3 is 15.2 Å². The number of methoxy groups -OCH3 is 1. The summed E-state index contributed by atoms with van der Waals surface area (Å²) in [6, 6.07) is 5.55. The Labute approximate surface area is 95.8 Å². The molecule has 2 unspecified atom stereocenters. The highest BCUT2D eigenvalue weighted by Crippen LogP contribution is 2.28. The predicted molar refractivity (Wildman–Crippen MR) is 61.6 cm³/mol. The van der Waals surface area contributed by atoms with Gasteiger partial charge in [-0.1, -0.05) is 6.07 Å². The fourth-order valence-electron chi connectivity index (χ4n) is 2.16. The molecule has 0 bridgehead atoms. The summed E-state index contributed by atoms with van der Waals surface area (Å²) >= 11 is 0. The fourth-order valence-corrected chi connectivity index (χ4v) is 2.16. The lowest BCUT2D eigenvalue weighted by Crippen LogP contribution is -2.27. The standard InChI is InChI=1S/C12H18N2O2/c1-15-11-6-3-7-12(14-11)16-10-5-2-4-9(10)8-13/h3,6-7,9-10H,2,4-5,8,13H2,1H3. The van der Waals surface area contributed by atoms with E-state index in [1.807, 2.05) is 18.2 Å². The van der Waals surface area contributed by atoms with E-state index < -0.39 is 0 Å². The van der Waals surface area contributed by atoms with E-state index in [1.165, 1.54) is 6.42 Å². The van der Waals surface area contributed by atoms with E-state index in [0.29, 0.717) is 24.2 Å². The van der Waals surface area contributed by atoms with Gasteiger partial charge in [-0.3, -0.25) is 0 Å². The maximum Gasteiger partial charge on any atom is 0.216 e. The van der Waals surface area contributed by atoms with E-state index in [1.54, 1.807) is 7.11 Å². The van der Waals surface area contributed by atoms with Crippen molar-refractivity contribution in [2.75, 3.05) is 13.7 Å². The summed E-state index contributed by atoms with van der Waals surface area (Å²) in [5.74, 6) is 1.68. The van der Waals surface area contributed by atoms with Crippen molar-refractivity contribution >= 4 is 0 Å². The summed E-state index contributed by atoms with van der Waals surface area (Å²) in [6.07, 6.45) is 3.63. The number of nitrogens with zero attached hydrogens (tertiary/aromatic N) is 1. The Balaban J connectivity index is 2.02. The van der Waals surface area contributed by atoms with Gasteiger partial charge in [0, 0.05) is 18.1 Å². The van der Waals surface area contributed by atoms with Crippen LogP contribution in [0.5, 0.6) is 11.8 Å². The monoisotopic (exact) mass is 222 g/mol. The molecule has 1 aromatic rings. The van der Waals surface area contributed by atoms with E-state index in [9.17, 15) is 0 Å². The van der Waals surface area contributed by atoms with E-state index >= 15 is 0 Å². The van der Waals surface area contributed by atoms with Crippen LogP contribution in [0, 0.1) is 5.92 Å². The van der Waals surface area contributed by atoms with Gasteiger partial charge in [-0.25, -0.2) is 0 Å². The van der Waals surface area contributed by atoms with Crippen LogP contribution >= 0.6 is 0 Å². The zero-order valence-corrected chi connectivity index (χ0v) is 9.56. The van der Waals surface area contributed by atoms with Crippen LogP contribution in [-0.4, -0.2) is 24.7 Å². The molecule has 2 atom stereocenters. The summed E-state index contributed by atoms with van der Waals surface area (Å²) in [6.45, 7) is 0.689. The molecule has 2 N–H and O–H groups in total. The van der Waals surface area contributed by atoms with Crippen LogP contribution < -0.4 is 15.2 Å². The van der Waals surface area contributed by atoms with E-state index in [0.717, 1.165) is 12.8 Å². The van der Waals surface area contributed by atoms with Gasteiger partial charge in [0.25, 0.3) is 0 Å². The maximum absolute atomic E-state index is 5.85. The average Bonchev–Trinajstić information content (AvgIpc) is 2.76. The summed E-state index contributed by atoms with van der Waals surface area (Å²) in [5, 5.41) is 0. The highest BCUT2D eigenvalue weighted by atomic mass is 16.5. The Kier molecular flexibility index (Phi) is 3.62. The molecule has 1 aliphatic carbocycles. The molecular weight excluding hydrogens is 204 g/mol. The minimum atomic E-state index is 0.213. The highest BCUT2D eigenvalue weighted by Gasteiger charge is 2.28. The summed E-state index contributed by atoms with van der Waals surface area (Å²) in [4.78, 5) is 4.24. The van der Waals surface area contributed by atoms with Crippen LogP contribution in [0.1, 0.15) is 19.3 Å². The molecule has 1 heterocycles. The minimum absolute atomic E-state index is 0.213. The predicted octanol–water partition coefficient (Wildman–Crippen LogP) is 1.60. The molecular formula is C12H18N2O2. The first kappa shape index (κ1) is 11.2. The maximum atomic E-state index is 5.85. The zero-order chi connectivity index (χ0) is 11.4. The first-order valence-electron chi connectivity index (χ1n) is 5.71. The second-order valence-corrected chi connectivity index (χ2v) is 4.10. The second kappa shape index (κ2) is 5.16. The number of hydrogen-bond acceptors (Lipinski definition) is 4. The van der Waals surface area contributed by atoms with Crippen LogP contribution in [-0.2, 0) is 0 Å². The highest BCUT2D eigenvalue weighted by molar-refractivity contribution is 5.20. The van der Waals surface area contributed by atoms with E-state index in [4.69, 9.17) is 15.2 Å². The molecule has 88 valence electrons. The third-order valence-corrected chi connectivity index (χ3v) is 3.07. The van der Waals surface area contributed by atoms with Crippen molar-refractivity contribution in [1.82, 2.24) is 4.98 Å². The van der Waals surface area contributed by atoms with Gasteiger partial charge in [0.15, 0.2) is 0 Å². The van der Waals surface area contributed by atoms with Crippen LogP contribution in [0.15, 0.2) is 18.2 Å². The van der Waals surface area contributed by atoms with Crippen molar-refractivity contribution in [3.63, 3.8) is 0 Å². The van der Waals surface area contributed by atoms with Crippen molar-refractivity contribution in [3.05, 3.63) is 18.2 Å². The van der Waals surface area contributed by atoms with Crippen molar-refractivity contribution in [2.24, 2.45) is 11.7 Å². The Morgan fingerprint density at radius 2 is 2.19 bits per heavy atom. The molecule has 1 aromatic heterocycles. The van der Waals surface area contributed by atoms with Crippen molar-refractivity contribution in [3.8, 4) is 11.8 Å². The van der Waals surface area contributed by atoms with Gasteiger partial charge in [-0.2, -0.15) is 4.98 Å². The smallest absolute Gasteiger partial charge is 0.216 e. The van der Waals surface area contributed by atoms with E-state index in [-0.39, 0.29) is 6.10 Å². The molecule has 2 rings (SSSR count). The number of rotatable bonds is 4. The number of pyridine rings is 1. The molecule has 0 spiro atoms. The quantitative estimate of drug-likeness (QED) is 0.840. The van der Waals surface area contributed by atoms with Crippen LogP contribution in [0.4, 0.5) is 0 Å². The molecule has 0 aliphatic heterocycles. The topological polar surface area (TPSA) is 57.4 Å². The Bertz CT molecular complexity index is 344. The number of aromatic nitrogens is 1. The van der Waals surface area contributed by atoms with Crippen LogP contribution in [0.2, 0.25) is 0 Å². The minimum Gasteiger partial charge on any atom is -0.481 e. The van der Waals surface area contributed by atoms with Gasteiger partial charge in [0.2, 0.25) is 11.8 Å². The molecule has 0 amide bonds. The van der Waals surface area contributed by atoms with Gasteiger partial charge in [-0.15, -0.1) is 0 Å². The molecule has 0 aromatic carbocycles. The number of ether oxygens (including phenoxy) is 2. The molecule has 1 saturated carbocycles. The molecule has 4 heteroatoms. The lowest BCUT2D eigenvalue weighted by atomic mass is 10.1. The first-order valence-corrected chi connectivity index (χ1v) is 5.71. The molecule has 16 heavy (non-hydrogen) atoms. The number of hydrogen-bond donors (Lipinski definition) is 1.